The minimum Gasteiger partial charge on any atom is -0.339 e. The highest BCUT2D eigenvalue weighted by atomic mass is 28.2. The predicted octanol–water partition coefficient (Wildman–Crippen LogP) is 0.653. The van der Waals surface area contributed by atoms with Crippen LogP contribution in [0.15, 0.2) is 0 Å². The van der Waals surface area contributed by atoms with E-state index in [0.29, 0.717) is 0 Å². The molecule has 2 radical (unpaired) electrons. The lowest BCUT2D eigenvalue weighted by molar-refractivity contribution is 0.862. The first kappa shape index (κ1) is 6.18. The monoisotopic (exact) mass is 101 g/mol. The molecule has 1 nitrogen and oxygen atoms in total. The average molecular weight is 101 g/mol. The van der Waals surface area contributed by atoms with Crippen LogP contribution in [0, 0.1) is 0 Å². The molecule has 0 atom stereocenters. The molecular formula is C4H11NSi. The normalized spacial score (nSPS) is 9.00. The van der Waals surface area contributed by atoms with E-state index in [9.17, 15) is 0 Å². The third-order valence-electron chi connectivity index (χ3n) is 0.552. The highest BCUT2D eigenvalue weighted by Crippen LogP contribution is 1.64. The molecule has 1 N–H and O–H groups in total. The Hall–Kier alpha value is 0.177. The van der Waals surface area contributed by atoms with E-state index in [-0.39, 0.29) is 0 Å². The fourth-order valence-electron chi connectivity index (χ4n) is 0.250. The maximum atomic E-state index is 3.23. The molecule has 0 aliphatic carbocycles. The van der Waals surface area contributed by atoms with Crippen LogP contribution < -0.4 is 4.98 Å². The highest BCUT2D eigenvalue weighted by Gasteiger charge is 1.73. The summed E-state index contributed by atoms with van der Waals surface area (Å²) in [7, 11) is 0.915. The lowest BCUT2D eigenvalue weighted by Crippen LogP contribution is -2.15. The summed E-state index contributed by atoms with van der Waals surface area (Å²) < 4.78 is 0. The second-order valence-corrected chi connectivity index (χ2v) is 2.03. The van der Waals surface area contributed by atoms with Gasteiger partial charge in [0.2, 0.25) is 0 Å². The van der Waals surface area contributed by atoms with Gasteiger partial charge in [-0.2, -0.15) is 0 Å². The van der Waals surface area contributed by atoms with E-state index < -0.39 is 0 Å². The SMILES string of the molecule is CCCN[Si]C. The first-order valence-corrected chi connectivity index (χ1v) is 3.81. The van der Waals surface area contributed by atoms with Crippen LogP contribution in [0.1, 0.15) is 13.3 Å². The lowest BCUT2D eigenvalue weighted by atomic mass is 10.5. The number of rotatable bonds is 3. The highest BCUT2D eigenvalue weighted by molar-refractivity contribution is 6.29. The predicted molar refractivity (Wildman–Crippen MR) is 29.9 cm³/mol. The number of hydrogen-bond acceptors (Lipinski definition) is 1. The molecule has 0 aromatic rings. The van der Waals surface area contributed by atoms with Crippen molar-refractivity contribution < 1.29 is 0 Å². The molecule has 0 bridgehead atoms. The Bertz CT molecular complexity index is 19.5. The summed E-state index contributed by atoms with van der Waals surface area (Å²) in [5.41, 5.74) is 0. The van der Waals surface area contributed by atoms with Gasteiger partial charge >= 0.3 is 0 Å². The largest absolute Gasteiger partial charge is 0.339 e. The number of hydrogen-bond donors (Lipinski definition) is 1. The van der Waals surface area contributed by atoms with Crippen molar-refractivity contribution in [3.63, 3.8) is 0 Å². The summed E-state index contributed by atoms with van der Waals surface area (Å²) in [4.78, 5) is 3.23. The van der Waals surface area contributed by atoms with Gasteiger partial charge in [-0.15, -0.1) is 0 Å². The molecule has 0 unspecified atom stereocenters. The molecule has 0 aliphatic rings. The van der Waals surface area contributed by atoms with Crippen LogP contribution in [-0.4, -0.2) is 16.2 Å². The molecular weight excluding hydrogens is 90.1 g/mol. The van der Waals surface area contributed by atoms with E-state index >= 15 is 0 Å². The van der Waals surface area contributed by atoms with Crippen molar-refractivity contribution in [1.82, 2.24) is 4.98 Å². The van der Waals surface area contributed by atoms with Crippen molar-refractivity contribution in [2.45, 2.75) is 19.9 Å². The van der Waals surface area contributed by atoms with Gasteiger partial charge in [0.05, 0.1) is 0 Å². The van der Waals surface area contributed by atoms with Gasteiger partial charge in [0.25, 0.3) is 0 Å². The first-order valence-electron chi connectivity index (χ1n) is 2.31. The van der Waals surface area contributed by atoms with Crippen molar-refractivity contribution in [2.24, 2.45) is 0 Å². The second-order valence-electron chi connectivity index (χ2n) is 1.18. The summed E-state index contributed by atoms with van der Waals surface area (Å²) in [5.74, 6) is 0. The lowest BCUT2D eigenvalue weighted by Gasteiger charge is -1.90. The second kappa shape index (κ2) is 5.18. The molecule has 0 heterocycles. The van der Waals surface area contributed by atoms with Gasteiger partial charge < -0.3 is 4.98 Å². The van der Waals surface area contributed by atoms with Crippen molar-refractivity contribution in [1.29, 1.82) is 0 Å². The van der Waals surface area contributed by atoms with Gasteiger partial charge in [0.1, 0.15) is 9.68 Å². The Balaban J connectivity index is 2.34. The van der Waals surface area contributed by atoms with Gasteiger partial charge in [-0.1, -0.05) is 13.5 Å². The standard InChI is InChI=1S/C4H11NSi/c1-3-4-5-6-2/h5H,3-4H2,1-2H3. The molecule has 6 heavy (non-hydrogen) atoms. The van der Waals surface area contributed by atoms with Crippen LogP contribution in [0.3, 0.4) is 0 Å². The van der Waals surface area contributed by atoms with Crippen LogP contribution in [0.25, 0.3) is 0 Å². The fraction of sp³-hybridized carbons (Fsp3) is 1.00. The van der Waals surface area contributed by atoms with Gasteiger partial charge in [-0.05, 0) is 13.0 Å². The van der Waals surface area contributed by atoms with Gasteiger partial charge in [-0.25, -0.2) is 0 Å². The average Bonchev–Trinajstić information content (AvgIpc) is 1.61. The molecule has 0 amide bonds. The van der Waals surface area contributed by atoms with Gasteiger partial charge in [-0.3, -0.25) is 0 Å². The molecule has 0 aromatic heterocycles. The van der Waals surface area contributed by atoms with E-state index in [2.05, 4.69) is 18.5 Å². The van der Waals surface area contributed by atoms with E-state index in [4.69, 9.17) is 0 Å². The van der Waals surface area contributed by atoms with Crippen molar-refractivity contribution in [3.8, 4) is 0 Å². The molecule has 0 aliphatic heterocycles. The molecule has 0 fully saturated rings. The first-order chi connectivity index (χ1) is 2.91. The van der Waals surface area contributed by atoms with Crippen LogP contribution in [-0.2, 0) is 0 Å². The van der Waals surface area contributed by atoms with E-state index in [0.717, 1.165) is 9.68 Å². The van der Waals surface area contributed by atoms with E-state index in [1.54, 1.807) is 0 Å². The van der Waals surface area contributed by atoms with E-state index in [1.165, 1.54) is 13.0 Å². The van der Waals surface area contributed by atoms with Crippen molar-refractivity contribution in [2.75, 3.05) is 6.54 Å². The summed E-state index contributed by atoms with van der Waals surface area (Å²) >= 11 is 0. The van der Waals surface area contributed by atoms with Crippen molar-refractivity contribution in [3.05, 3.63) is 0 Å². The molecule has 0 rings (SSSR count). The maximum absolute atomic E-state index is 3.23. The summed E-state index contributed by atoms with van der Waals surface area (Å²) in [5, 5.41) is 0. The van der Waals surface area contributed by atoms with E-state index in [1.807, 2.05) is 0 Å². The Morgan fingerprint density at radius 3 is 2.50 bits per heavy atom. The minimum absolute atomic E-state index is 0.915. The molecule has 0 saturated carbocycles. The molecule has 0 aromatic carbocycles. The quantitative estimate of drug-likeness (QED) is 0.406. The zero-order chi connectivity index (χ0) is 4.83. The molecule has 0 spiro atoms. The third-order valence-corrected chi connectivity index (χ3v) is 1.16. The Labute approximate surface area is 42.0 Å². The third kappa shape index (κ3) is 4.18. The topological polar surface area (TPSA) is 12.0 Å². The Morgan fingerprint density at radius 1 is 1.67 bits per heavy atom. The Kier molecular flexibility index (Phi) is 5.33. The molecule has 0 saturated heterocycles. The summed E-state index contributed by atoms with van der Waals surface area (Å²) in [6.07, 6.45) is 1.25. The van der Waals surface area contributed by atoms with Crippen molar-refractivity contribution >= 4 is 9.68 Å². The number of nitrogens with one attached hydrogen (secondary N) is 1. The summed E-state index contributed by atoms with van der Waals surface area (Å²) in [6, 6.07) is 0. The summed E-state index contributed by atoms with van der Waals surface area (Å²) in [6.45, 7) is 5.50. The van der Waals surface area contributed by atoms with Gasteiger partial charge in [0.15, 0.2) is 0 Å². The molecule has 36 valence electrons. The minimum atomic E-state index is 0.915. The zero-order valence-corrected chi connectivity index (χ0v) is 5.41. The molecule has 2 heteroatoms. The van der Waals surface area contributed by atoms with Crippen LogP contribution >= 0.6 is 0 Å². The smallest absolute Gasteiger partial charge is 0.135 e. The van der Waals surface area contributed by atoms with Gasteiger partial charge in [0, 0.05) is 0 Å². The fourth-order valence-corrected chi connectivity index (χ4v) is 0.750. The maximum Gasteiger partial charge on any atom is 0.135 e. The van der Waals surface area contributed by atoms with Crippen LogP contribution in [0.4, 0.5) is 0 Å². The van der Waals surface area contributed by atoms with Crippen LogP contribution in [0.5, 0.6) is 0 Å². The Morgan fingerprint density at radius 2 is 2.33 bits per heavy atom. The zero-order valence-electron chi connectivity index (χ0n) is 4.41. The van der Waals surface area contributed by atoms with Crippen LogP contribution in [0.2, 0.25) is 6.55 Å².